The van der Waals surface area contributed by atoms with Gasteiger partial charge >= 0.3 is 6.09 Å². The Bertz CT molecular complexity index is 1550. The number of aromatic amines is 1. The molecule has 0 saturated heterocycles. The van der Waals surface area contributed by atoms with E-state index in [1.54, 1.807) is 17.2 Å². The molecule has 39 heavy (non-hydrogen) atoms. The monoisotopic (exact) mass is 525 g/mol. The van der Waals surface area contributed by atoms with Crippen LogP contribution in [0, 0.1) is 5.92 Å². The smallest absolute Gasteiger partial charge is 0.410 e. The van der Waals surface area contributed by atoms with Gasteiger partial charge in [-0.2, -0.15) is 5.10 Å². The van der Waals surface area contributed by atoms with E-state index in [9.17, 15) is 14.4 Å². The molecule has 1 aliphatic carbocycles. The van der Waals surface area contributed by atoms with Gasteiger partial charge in [-0.1, -0.05) is 36.4 Å². The van der Waals surface area contributed by atoms with Crippen LogP contribution in [-0.4, -0.2) is 52.7 Å². The Hall–Kier alpha value is -4.40. The fourth-order valence-electron chi connectivity index (χ4n) is 5.38. The van der Waals surface area contributed by atoms with Crippen LogP contribution in [0.2, 0.25) is 0 Å². The van der Waals surface area contributed by atoms with Gasteiger partial charge in [0, 0.05) is 41.2 Å². The molecule has 2 aromatic carbocycles. The van der Waals surface area contributed by atoms with Crippen LogP contribution in [0.15, 0.2) is 53.6 Å². The zero-order valence-corrected chi connectivity index (χ0v) is 22.2. The highest BCUT2D eigenvalue weighted by atomic mass is 16.6. The van der Waals surface area contributed by atoms with Gasteiger partial charge in [-0.05, 0) is 62.8 Å². The average molecular weight is 526 g/mol. The minimum atomic E-state index is -0.553. The van der Waals surface area contributed by atoms with E-state index in [1.165, 1.54) is 5.56 Å². The first-order chi connectivity index (χ1) is 18.7. The molecule has 9 nitrogen and oxygen atoms in total. The van der Waals surface area contributed by atoms with Gasteiger partial charge in [0.15, 0.2) is 0 Å². The molecule has 3 aromatic rings. The molecule has 3 N–H and O–H groups in total. The zero-order valence-electron chi connectivity index (χ0n) is 22.2. The van der Waals surface area contributed by atoms with E-state index in [0.717, 1.165) is 34.2 Å². The summed E-state index contributed by atoms with van der Waals surface area (Å²) in [5.74, 6) is -0.256. The van der Waals surface area contributed by atoms with Gasteiger partial charge in [0.1, 0.15) is 5.60 Å². The summed E-state index contributed by atoms with van der Waals surface area (Å²) >= 11 is 0. The lowest BCUT2D eigenvalue weighted by molar-refractivity contribution is -0.117. The first kappa shape index (κ1) is 24.9. The van der Waals surface area contributed by atoms with Gasteiger partial charge < -0.3 is 19.9 Å². The van der Waals surface area contributed by atoms with Crippen molar-refractivity contribution in [2.45, 2.75) is 45.1 Å². The maximum Gasteiger partial charge on any atom is 0.410 e. The van der Waals surface area contributed by atoms with Crippen LogP contribution in [0.4, 0.5) is 10.5 Å². The van der Waals surface area contributed by atoms with E-state index < -0.39 is 5.60 Å². The Morgan fingerprint density at radius 2 is 1.95 bits per heavy atom. The summed E-state index contributed by atoms with van der Waals surface area (Å²) in [6.07, 6.45) is 4.75. The van der Waals surface area contributed by atoms with E-state index in [2.05, 4.69) is 33.0 Å². The molecule has 200 valence electrons. The number of hydrazone groups is 1. The minimum Gasteiger partial charge on any atom is -0.444 e. The van der Waals surface area contributed by atoms with Crippen molar-refractivity contribution in [3.05, 3.63) is 70.9 Å². The highest BCUT2D eigenvalue weighted by Crippen LogP contribution is 2.48. The largest absolute Gasteiger partial charge is 0.444 e. The Labute approximate surface area is 226 Å². The van der Waals surface area contributed by atoms with Gasteiger partial charge in [-0.25, -0.2) is 10.2 Å². The molecule has 1 fully saturated rings. The number of anilines is 1. The second kappa shape index (κ2) is 9.41. The van der Waals surface area contributed by atoms with Crippen LogP contribution >= 0.6 is 0 Å². The van der Waals surface area contributed by atoms with Gasteiger partial charge in [-0.3, -0.25) is 9.59 Å². The molecule has 0 spiro atoms. The Morgan fingerprint density at radius 1 is 1.15 bits per heavy atom. The molecule has 3 heterocycles. The van der Waals surface area contributed by atoms with E-state index in [1.807, 2.05) is 51.1 Å². The molecular weight excluding hydrogens is 494 g/mol. The molecular formula is C30H31N5O4. The third-order valence-corrected chi connectivity index (χ3v) is 7.35. The number of hydrogen-bond donors (Lipinski definition) is 3. The van der Waals surface area contributed by atoms with Crippen LogP contribution < -0.4 is 10.7 Å². The number of rotatable bonds is 4. The predicted octanol–water partition coefficient (Wildman–Crippen LogP) is 5.01. The summed E-state index contributed by atoms with van der Waals surface area (Å²) in [4.78, 5) is 43.6. The third kappa shape index (κ3) is 4.92. The quantitative estimate of drug-likeness (QED) is 0.444. The molecule has 1 aromatic heterocycles. The number of aromatic nitrogens is 1. The van der Waals surface area contributed by atoms with Crippen molar-refractivity contribution in [2.75, 3.05) is 18.4 Å². The van der Waals surface area contributed by atoms with Crippen molar-refractivity contribution in [1.29, 1.82) is 0 Å². The maximum atomic E-state index is 13.1. The van der Waals surface area contributed by atoms with E-state index in [4.69, 9.17) is 4.74 Å². The lowest BCUT2D eigenvalue weighted by Crippen LogP contribution is -2.39. The molecule has 2 atom stereocenters. The molecule has 3 aliphatic rings. The van der Waals surface area contributed by atoms with Crippen LogP contribution in [0.25, 0.3) is 16.5 Å². The Kier molecular flexibility index (Phi) is 6.01. The molecule has 0 unspecified atom stereocenters. The Balaban J connectivity index is 1.27. The number of H-pyrrole nitrogens is 1. The van der Waals surface area contributed by atoms with Crippen molar-refractivity contribution in [2.24, 2.45) is 11.0 Å². The standard InChI is InChI=1S/C30H31N5O4/c1-30(2,3)39-29(38)35-11-9-18(10-12-35)26-23-16-31-34-28(37)22-13-19(14-24(33-26)25(22)23)32-27(36)21-15-20(21)17-7-5-4-6-8-17/h4-9,13-14,16,20-21,33H,10-12,15H2,1-3H3,(H,32,36)(H,34,37)/t20-,21+/m0/s1. The molecule has 2 aliphatic heterocycles. The van der Waals surface area contributed by atoms with Crippen molar-refractivity contribution in [1.82, 2.24) is 15.3 Å². The average Bonchev–Trinajstić information content (AvgIpc) is 3.66. The maximum absolute atomic E-state index is 13.1. The number of carbonyl (C=O) groups is 3. The predicted molar refractivity (Wildman–Crippen MR) is 150 cm³/mol. The van der Waals surface area contributed by atoms with Crippen LogP contribution in [0.5, 0.6) is 0 Å². The first-order valence-corrected chi connectivity index (χ1v) is 13.2. The molecule has 0 bridgehead atoms. The second-order valence-electron chi connectivity index (χ2n) is 11.3. The zero-order chi connectivity index (χ0) is 27.3. The lowest BCUT2D eigenvalue weighted by Gasteiger charge is -2.29. The van der Waals surface area contributed by atoms with Gasteiger partial charge in [-0.15, -0.1) is 0 Å². The highest BCUT2D eigenvalue weighted by Gasteiger charge is 2.44. The lowest BCUT2D eigenvalue weighted by atomic mass is 9.98. The number of carbonyl (C=O) groups excluding carboxylic acids is 3. The number of nitrogens with zero attached hydrogens (tertiary/aromatic N) is 2. The van der Waals surface area contributed by atoms with Crippen molar-refractivity contribution in [3.63, 3.8) is 0 Å². The number of ether oxygens (including phenoxy) is 1. The highest BCUT2D eigenvalue weighted by molar-refractivity contribution is 6.17. The van der Waals surface area contributed by atoms with Crippen molar-refractivity contribution >= 4 is 46.3 Å². The van der Waals surface area contributed by atoms with Crippen LogP contribution in [0.3, 0.4) is 0 Å². The first-order valence-electron chi connectivity index (χ1n) is 13.2. The number of hydrogen-bond acceptors (Lipinski definition) is 5. The summed E-state index contributed by atoms with van der Waals surface area (Å²) in [5, 5.41) is 7.92. The number of benzene rings is 2. The normalized spacial score (nSPS) is 20.2. The van der Waals surface area contributed by atoms with Crippen LogP contribution in [-0.2, 0) is 9.53 Å². The topological polar surface area (TPSA) is 116 Å². The minimum absolute atomic E-state index is 0.0510. The summed E-state index contributed by atoms with van der Waals surface area (Å²) in [6.45, 7) is 6.49. The third-order valence-electron chi connectivity index (χ3n) is 7.35. The number of nitrogens with one attached hydrogen (secondary N) is 3. The van der Waals surface area contributed by atoms with E-state index in [-0.39, 0.29) is 29.7 Å². The van der Waals surface area contributed by atoms with E-state index in [0.29, 0.717) is 30.8 Å². The summed E-state index contributed by atoms with van der Waals surface area (Å²) < 4.78 is 5.51. The van der Waals surface area contributed by atoms with Crippen LogP contribution in [0.1, 0.15) is 66.7 Å². The molecule has 6 rings (SSSR count). The molecule has 9 heteroatoms. The van der Waals surface area contributed by atoms with Crippen molar-refractivity contribution < 1.29 is 19.1 Å². The summed E-state index contributed by atoms with van der Waals surface area (Å²) in [5.41, 5.74) is 7.62. The fourth-order valence-corrected chi connectivity index (χ4v) is 5.38. The van der Waals surface area contributed by atoms with Gasteiger partial charge in [0.25, 0.3) is 5.91 Å². The fraction of sp³-hybridized carbons (Fsp3) is 0.333. The number of amides is 3. The van der Waals surface area contributed by atoms with Gasteiger partial charge in [0.05, 0.1) is 17.5 Å². The molecule has 1 saturated carbocycles. The molecule has 3 amide bonds. The molecule has 0 radical (unpaired) electrons. The second-order valence-corrected chi connectivity index (χ2v) is 11.3. The summed E-state index contributed by atoms with van der Waals surface area (Å²) in [6, 6.07) is 13.6. The Morgan fingerprint density at radius 3 is 2.67 bits per heavy atom. The van der Waals surface area contributed by atoms with Crippen molar-refractivity contribution in [3.8, 4) is 0 Å². The van der Waals surface area contributed by atoms with Gasteiger partial charge in [0.2, 0.25) is 5.91 Å². The van der Waals surface area contributed by atoms with E-state index >= 15 is 0 Å². The SMILES string of the molecule is CC(C)(C)OC(=O)N1CC=C(c2[nH]c3cc(NC(=O)[C@@H]4C[C@H]4c4ccccc4)cc4c3c2C=NNC4=O)CC1. The summed E-state index contributed by atoms with van der Waals surface area (Å²) in [7, 11) is 0.